The Morgan fingerprint density at radius 3 is 2.77 bits per heavy atom. The van der Waals surface area contributed by atoms with Gasteiger partial charge in [0.05, 0.1) is 12.3 Å². The SMILES string of the molecule is Cc1[nH]ccc(=O)c1OCC(C)C. The van der Waals surface area contributed by atoms with E-state index in [0.29, 0.717) is 18.3 Å². The molecule has 0 aliphatic carbocycles. The number of rotatable bonds is 3. The number of ether oxygens (including phenoxy) is 1. The normalized spacial score (nSPS) is 10.5. The average Bonchev–Trinajstić information content (AvgIpc) is 2.03. The number of aromatic nitrogens is 1. The lowest BCUT2D eigenvalue weighted by Crippen LogP contribution is -2.13. The smallest absolute Gasteiger partial charge is 0.223 e. The van der Waals surface area contributed by atoms with Crippen molar-refractivity contribution in [2.24, 2.45) is 5.92 Å². The Kier molecular flexibility index (Phi) is 3.12. The molecule has 1 N–H and O–H groups in total. The summed E-state index contributed by atoms with van der Waals surface area (Å²) in [6.45, 7) is 6.50. The van der Waals surface area contributed by atoms with E-state index in [1.807, 2.05) is 20.8 Å². The molecule has 13 heavy (non-hydrogen) atoms. The van der Waals surface area contributed by atoms with Crippen molar-refractivity contribution < 1.29 is 4.74 Å². The van der Waals surface area contributed by atoms with Crippen molar-refractivity contribution in [3.05, 3.63) is 28.2 Å². The number of aryl methyl sites for hydroxylation is 1. The Bertz CT molecular complexity index is 328. The zero-order chi connectivity index (χ0) is 9.84. The summed E-state index contributed by atoms with van der Waals surface area (Å²) in [5.74, 6) is 0.871. The summed E-state index contributed by atoms with van der Waals surface area (Å²) in [5, 5.41) is 0. The Labute approximate surface area is 77.8 Å². The molecule has 0 fully saturated rings. The fourth-order valence-corrected chi connectivity index (χ4v) is 0.998. The standard InChI is InChI=1S/C10H15NO2/c1-7(2)6-13-10-8(3)11-5-4-9(10)12/h4-5,7H,6H2,1-3H3,(H,11,12). The molecule has 0 aliphatic heterocycles. The Morgan fingerprint density at radius 1 is 1.54 bits per heavy atom. The van der Waals surface area contributed by atoms with Gasteiger partial charge in [-0.3, -0.25) is 4.79 Å². The number of hydrogen-bond acceptors (Lipinski definition) is 2. The minimum Gasteiger partial charge on any atom is -0.488 e. The molecule has 1 aromatic rings. The quantitative estimate of drug-likeness (QED) is 0.771. The van der Waals surface area contributed by atoms with Gasteiger partial charge in [0.2, 0.25) is 5.43 Å². The van der Waals surface area contributed by atoms with Crippen LogP contribution in [0.3, 0.4) is 0 Å². The zero-order valence-corrected chi connectivity index (χ0v) is 8.26. The van der Waals surface area contributed by atoms with Gasteiger partial charge in [-0.05, 0) is 12.8 Å². The van der Waals surface area contributed by atoms with Crippen molar-refractivity contribution in [1.29, 1.82) is 0 Å². The van der Waals surface area contributed by atoms with E-state index < -0.39 is 0 Å². The number of pyridine rings is 1. The topological polar surface area (TPSA) is 42.1 Å². The number of hydrogen-bond donors (Lipinski definition) is 1. The van der Waals surface area contributed by atoms with Crippen LogP contribution in [-0.4, -0.2) is 11.6 Å². The first kappa shape index (κ1) is 9.84. The highest BCUT2D eigenvalue weighted by Crippen LogP contribution is 2.08. The average molecular weight is 181 g/mol. The van der Waals surface area contributed by atoms with Crippen LogP contribution in [0.5, 0.6) is 5.75 Å². The first-order valence-corrected chi connectivity index (χ1v) is 4.42. The van der Waals surface area contributed by atoms with Gasteiger partial charge in [0.15, 0.2) is 5.75 Å². The third kappa shape index (κ3) is 2.61. The van der Waals surface area contributed by atoms with E-state index in [-0.39, 0.29) is 5.43 Å². The Hall–Kier alpha value is -1.25. The summed E-state index contributed by atoms with van der Waals surface area (Å²) in [6, 6.07) is 1.47. The fraction of sp³-hybridized carbons (Fsp3) is 0.500. The van der Waals surface area contributed by atoms with E-state index in [9.17, 15) is 4.79 Å². The van der Waals surface area contributed by atoms with Gasteiger partial charge < -0.3 is 9.72 Å². The van der Waals surface area contributed by atoms with Crippen molar-refractivity contribution >= 4 is 0 Å². The van der Waals surface area contributed by atoms with E-state index in [0.717, 1.165) is 5.69 Å². The van der Waals surface area contributed by atoms with Gasteiger partial charge in [0.25, 0.3) is 0 Å². The van der Waals surface area contributed by atoms with E-state index in [4.69, 9.17) is 4.74 Å². The highest BCUT2D eigenvalue weighted by molar-refractivity contribution is 5.25. The summed E-state index contributed by atoms with van der Waals surface area (Å²) >= 11 is 0. The Balaban J connectivity index is 2.81. The Morgan fingerprint density at radius 2 is 2.23 bits per heavy atom. The van der Waals surface area contributed by atoms with Gasteiger partial charge in [-0.1, -0.05) is 13.8 Å². The van der Waals surface area contributed by atoms with E-state index >= 15 is 0 Å². The monoisotopic (exact) mass is 181 g/mol. The van der Waals surface area contributed by atoms with Crippen LogP contribution in [0.25, 0.3) is 0 Å². The third-order valence-electron chi connectivity index (χ3n) is 1.66. The summed E-state index contributed by atoms with van der Waals surface area (Å²) < 4.78 is 5.39. The van der Waals surface area contributed by atoms with Gasteiger partial charge in [0, 0.05) is 12.3 Å². The minimum absolute atomic E-state index is 0.0584. The molecule has 1 rings (SSSR count). The van der Waals surface area contributed by atoms with Crippen LogP contribution in [0.15, 0.2) is 17.1 Å². The van der Waals surface area contributed by atoms with Crippen LogP contribution in [-0.2, 0) is 0 Å². The predicted octanol–water partition coefficient (Wildman–Crippen LogP) is 1.72. The molecule has 0 radical (unpaired) electrons. The molecular weight excluding hydrogens is 166 g/mol. The number of nitrogens with one attached hydrogen (secondary N) is 1. The van der Waals surface area contributed by atoms with E-state index in [1.165, 1.54) is 6.07 Å². The van der Waals surface area contributed by atoms with Gasteiger partial charge in [0.1, 0.15) is 0 Å². The van der Waals surface area contributed by atoms with Crippen molar-refractivity contribution in [1.82, 2.24) is 4.98 Å². The van der Waals surface area contributed by atoms with Gasteiger partial charge in [-0.15, -0.1) is 0 Å². The van der Waals surface area contributed by atoms with Crippen molar-refractivity contribution in [3.63, 3.8) is 0 Å². The largest absolute Gasteiger partial charge is 0.488 e. The maximum absolute atomic E-state index is 11.3. The molecule has 1 aromatic heterocycles. The molecule has 3 nitrogen and oxygen atoms in total. The summed E-state index contributed by atoms with van der Waals surface area (Å²) in [4.78, 5) is 14.2. The van der Waals surface area contributed by atoms with Crippen LogP contribution < -0.4 is 10.2 Å². The predicted molar refractivity (Wildman–Crippen MR) is 52.1 cm³/mol. The van der Waals surface area contributed by atoms with E-state index in [1.54, 1.807) is 6.20 Å². The highest BCUT2D eigenvalue weighted by Gasteiger charge is 2.04. The molecule has 0 bridgehead atoms. The van der Waals surface area contributed by atoms with Gasteiger partial charge >= 0.3 is 0 Å². The minimum atomic E-state index is -0.0584. The second-order valence-corrected chi connectivity index (χ2v) is 3.50. The van der Waals surface area contributed by atoms with E-state index in [2.05, 4.69) is 4.98 Å². The van der Waals surface area contributed by atoms with Crippen LogP contribution in [0.2, 0.25) is 0 Å². The molecule has 0 amide bonds. The molecule has 1 heterocycles. The molecule has 72 valence electrons. The maximum Gasteiger partial charge on any atom is 0.223 e. The first-order chi connectivity index (χ1) is 6.11. The molecule has 0 aliphatic rings. The highest BCUT2D eigenvalue weighted by atomic mass is 16.5. The zero-order valence-electron chi connectivity index (χ0n) is 8.26. The lowest BCUT2D eigenvalue weighted by atomic mass is 10.2. The summed E-state index contributed by atoms with van der Waals surface area (Å²) in [5.41, 5.74) is 0.727. The van der Waals surface area contributed by atoms with Crippen LogP contribution in [0, 0.1) is 12.8 Å². The van der Waals surface area contributed by atoms with Crippen LogP contribution in [0.4, 0.5) is 0 Å². The lowest BCUT2D eigenvalue weighted by Gasteiger charge is -2.09. The third-order valence-corrected chi connectivity index (χ3v) is 1.66. The summed E-state index contributed by atoms with van der Waals surface area (Å²) in [6.07, 6.45) is 1.62. The second kappa shape index (κ2) is 4.12. The molecule has 0 spiro atoms. The summed E-state index contributed by atoms with van der Waals surface area (Å²) in [7, 11) is 0. The fourth-order valence-electron chi connectivity index (χ4n) is 0.998. The molecule has 0 saturated heterocycles. The number of aromatic amines is 1. The molecule has 0 unspecified atom stereocenters. The van der Waals surface area contributed by atoms with Crippen LogP contribution in [0.1, 0.15) is 19.5 Å². The molecular formula is C10H15NO2. The maximum atomic E-state index is 11.3. The van der Waals surface area contributed by atoms with Crippen molar-refractivity contribution in [2.75, 3.05) is 6.61 Å². The second-order valence-electron chi connectivity index (χ2n) is 3.50. The molecule has 0 aromatic carbocycles. The van der Waals surface area contributed by atoms with Crippen molar-refractivity contribution in [3.8, 4) is 5.75 Å². The van der Waals surface area contributed by atoms with Gasteiger partial charge in [-0.2, -0.15) is 0 Å². The van der Waals surface area contributed by atoms with Gasteiger partial charge in [-0.25, -0.2) is 0 Å². The lowest BCUT2D eigenvalue weighted by molar-refractivity contribution is 0.266. The van der Waals surface area contributed by atoms with Crippen LogP contribution >= 0.6 is 0 Å². The van der Waals surface area contributed by atoms with Crippen molar-refractivity contribution in [2.45, 2.75) is 20.8 Å². The molecule has 3 heteroatoms. The molecule has 0 saturated carbocycles. The number of H-pyrrole nitrogens is 1. The first-order valence-electron chi connectivity index (χ1n) is 4.42. The molecule has 0 atom stereocenters.